The van der Waals surface area contributed by atoms with Crippen LogP contribution < -0.4 is 0 Å². The van der Waals surface area contributed by atoms with E-state index in [1.807, 2.05) is 38.2 Å². The minimum atomic E-state index is 0.220. The van der Waals surface area contributed by atoms with Gasteiger partial charge in [0.15, 0.2) is 5.78 Å². The van der Waals surface area contributed by atoms with Crippen LogP contribution in [0.3, 0.4) is 0 Å². The monoisotopic (exact) mass is 260 g/mol. The van der Waals surface area contributed by atoms with Crippen LogP contribution in [0.1, 0.15) is 22.3 Å². The molecule has 1 saturated heterocycles. The molecule has 1 aromatic rings. The van der Waals surface area contributed by atoms with Crippen molar-refractivity contribution in [2.75, 3.05) is 40.3 Å². The van der Waals surface area contributed by atoms with Crippen molar-refractivity contribution in [3.05, 3.63) is 35.4 Å². The SMILES string of the molecule is Cc1cccc(C(=O)CN(C)CC2CCN(C)C2)c1. The first kappa shape index (κ1) is 14.2. The molecule has 0 bridgehead atoms. The number of likely N-dealkylation sites (tertiary alicyclic amines) is 1. The van der Waals surface area contributed by atoms with Gasteiger partial charge in [-0.3, -0.25) is 9.69 Å². The summed E-state index contributed by atoms with van der Waals surface area (Å²) in [6.07, 6.45) is 1.25. The van der Waals surface area contributed by atoms with Gasteiger partial charge < -0.3 is 4.90 Å². The van der Waals surface area contributed by atoms with Crippen molar-refractivity contribution >= 4 is 5.78 Å². The van der Waals surface area contributed by atoms with Crippen LogP contribution >= 0.6 is 0 Å². The molecule has 0 aromatic heterocycles. The molecule has 0 aliphatic carbocycles. The molecule has 0 saturated carbocycles. The molecule has 3 nitrogen and oxygen atoms in total. The minimum absolute atomic E-state index is 0.220. The standard InChI is InChI=1S/C16H24N2O/c1-13-5-4-6-15(9-13)16(19)12-18(3)11-14-7-8-17(2)10-14/h4-6,9,14H,7-8,10-12H2,1-3H3. The van der Waals surface area contributed by atoms with E-state index in [4.69, 9.17) is 0 Å². The Hall–Kier alpha value is -1.19. The molecule has 1 unspecified atom stereocenters. The van der Waals surface area contributed by atoms with E-state index in [1.54, 1.807) is 0 Å². The molecular formula is C16H24N2O. The second kappa shape index (κ2) is 6.31. The molecule has 1 fully saturated rings. The Bertz CT molecular complexity index is 444. The number of likely N-dealkylation sites (N-methyl/N-ethyl adjacent to an activating group) is 1. The van der Waals surface area contributed by atoms with Crippen LogP contribution in [0.5, 0.6) is 0 Å². The second-order valence-corrected chi connectivity index (χ2v) is 5.91. The van der Waals surface area contributed by atoms with E-state index in [0.29, 0.717) is 12.5 Å². The van der Waals surface area contributed by atoms with Crippen LogP contribution in [0, 0.1) is 12.8 Å². The molecule has 19 heavy (non-hydrogen) atoms. The summed E-state index contributed by atoms with van der Waals surface area (Å²) in [5, 5.41) is 0. The molecule has 0 radical (unpaired) electrons. The fraction of sp³-hybridized carbons (Fsp3) is 0.562. The summed E-state index contributed by atoms with van der Waals surface area (Å²) >= 11 is 0. The minimum Gasteiger partial charge on any atom is -0.306 e. The molecule has 1 heterocycles. The van der Waals surface area contributed by atoms with Gasteiger partial charge in [-0.05, 0) is 46.0 Å². The molecule has 1 aliphatic heterocycles. The molecule has 1 atom stereocenters. The lowest BCUT2D eigenvalue weighted by molar-refractivity contribution is 0.0938. The number of carbonyl (C=O) groups excluding carboxylic acids is 1. The van der Waals surface area contributed by atoms with E-state index < -0.39 is 0 Å². The molecular weight excluding hydrogens is 236 g/mol. The largest absolute Gasteiger partial charge is 0.306 e. The van der Waals surface area contributed by atoms with Crippen molar-refractivity contribution in [1.29, 1.82) is 0 Å². The summed E-state index contributed by atoms with van der Waals surface area (Å²) in [7, 11) is 4.21. The highest BCUT2D eigenvalue weighted by atomic mass is 16.1. The van der Waals surface area contributed by atoms with Crippen molar-refractivity contribution in [1.82, 2.24) is 9.80 Å². The zero-order chi connectivity index (χ0) is 13.8. The zero-order valence-electron chi connectivity index (χ0n) is 12.2. The van der Waals surface area contributed by atoms with Gasteiger partial charge in [0.2, 0.25) is 0 Å². The van der Waals surface area contributed by atoms with Gasteiger partial charge in [-0.25, -0.2) is 0 Å². The molecule has 2 rings (SSSR count). The third kappa shape index (κ3) is 4.15. The lowest BCUT2D eigenvalue weighted by Gasteiger charge is -2.20. The average molecular weight is 260 g/mol. The third-order valence-corrected chi connectivity index (χ3v) is 3.81. The molecule has 1 aliphatic rings. The van der Waals surface area contributed by atoms with Gasteiger partial charge in [0, 0.05) is 18.7 Å². The highest BCUT2D eigenvalue weighted by Gasteiger charge is 2.21. The van der Waals surface area contributed by atoms with Gasteiger partial charge in [0.1, 0.15) is 0 Å². The van der Waals surface area contributed by atoms with Gasteiger partial charge in [-0.2, -0.15) is 0 Å². The number of Topliss-reactive ketones (excluding diaryl/α,β-unsaturated/α-hetero) is 1. The summed E-state index contributed by atoms with van der Waals surface area (Å²) in [6.45, 7) is 5.90. The second-order valence-electron chi connectivity index (χ2n) is 5.91. The number of hydrogen-bond donors (Lipinski definition) is 0. The quantitative estimate of drug-likeness (QED) is 0.757. The Morgan fingerprint density at radius 1 is 1.47 bits per heavy atom. The van der Waals surface area contributed by atoms with Gasteiger partial charge in [0.05, 0.1) is 6.54 Å². The number of carbonyl (C=O) groups is 1. The van der Waals surface area contributed by atoms with Gasteiger partial charge >= 0.3 is 0 Å². The van der Waals surface area contributed by atoms with Gasteiger partial charge in [-0.1, -0.05) is 23.8 Å². The van der Waals surface area contributed by atoms with E-state index in [9.17, 15) is 4.79 Å². The predicted molar refractivity (Wildman–Crippen MR) is 78.6 cm³/mol. The third-order valence-electron chi connectivity index (χ3n) is 3.81. The highest BCUT2D eigenvalue weighted by Crippen LogP contribution is 2.15. The van der Waals surface area contributed by atoms with Gasteiger partial charge in [0.25, 0.3) is 0 Å². The number of rotatable bonds is 5. The van der Waals surface area contributed by atoms with E-state index in [-0.39, 0.29) is 5.78 Å². The lowest BCUT2D eigenvalue weighted by Crippen LogP contribution is -2.31. The van der Waals surface area contributed by atoms with E-state index in [2.05, 4.69) is 16.8 Å². The Morgan fingerprint density at radius 2 is 2.26 bits per heavy atom. The molecule has 3 heteroatoms. The summed E-state index contributed by atoms with van der Waals surface area (Å²) in [4.78, 5) is 16.7. The van der Waals surface area contributed by atoms with Crippen LogP contribution in [0.2, 0.25) is 0 Å². The highest BCUT2D eigenvalue weighted by molar-refractivity contribution is 5.97. The average Bonchev–Trinajstić information content (AvgIpc) is 2.74. The van der Waals surface area contributed by atoms with Crippen LogP contribution in [-0.2, 0) is 0 Å². The number of aryl methyl sites for hydroxylation is 1. The van der Waals surface area contributed by atoms with Crippen LogP contribution in [-0.4, -0.2) is 55.9 Å². The fourth-order valence-electron chi connectivity index (χ4n) is 2.84. The number of hydrogen-bond acceptors (Lipinski definition) is 3. The maximum absolute atomic E-state index is 12.2. The molecule has 1 aromatic carbocycles. The van der Waals surface area contributed by atoms with Crippen LogP contribution in [0.4, 0.5) is 0 Å². The number of nitrogens with zero attached hydrogens (tertiary/aromatic N) is 2. The van der Waals surface area contributed by atoms with E-state index >= 15 is 0 Å². The fourth-order valence-corrected chi connectivity index (χ4v) is 2.84. The lowest BCUT2D eigenvalue weighted by atomic mass is 10.1. The molecule has 0 N–H and O–H groups in total. The number of ketones is 1. The zero-order valence-corrected chi connectivity index (χ0v) is 12.2. The van der Waals surface area contributed by atoms with Crippen LogP contribution in [0.15, 0.2) is 24.3 Å². The van der Waals surface area contributed by atoms with Crippen molar-refractivity contribution in [3.8, 4) is 0 Å². The normalized spacial score (nSPS) is 20.1. The smallest absolute Gasteiger partial charge is 0.176 e. The van der Waals surface area contributed by atoms with E-state index in [1.165, 1.54) is 13.0 Å². The van der Waals surface area contributed by atoms with Crippen molar-refractivity contribution in [2.45, 2.75) is 13.3 Å². The first-order valence-corrected chi connectivity index (χ1v) is 7.01. The van der Waals surface area contributed by atoms with Crippen molar-refractivity contribution in [3.63, 3.8) is 0 Å². The Balaban J connectivity index is 1.85. The summed E-state index contributed by atoms with van der Waals surface area (Å²) in [5.41, 5.74) is 1.97. The van der Waals surface area contributed by atoms with Crippen molar-refractivity contribution < 1.29 is 4.79 Å². The Kier molecular flexibility index (Phi) is 4.72. The topological polar surface area (TPSA) is 23.6 Å². The summed E-state index contributed by atoms with van der Waals surface area (Å²) in [5.74, 6) is 0.929. The first-order valence-electron chi connectivity index (χ1n) is 7.01. The molecule has 104 valence electrons. The van der Waals surface area contributed by atoms with Gasteiger partial charge in [-0.15, -0.1) is 0 Å². The summed E-state index contributed by atoms with van der Waals surface area (Å²) in [6, 6.07) is 7.86. The summed E-state index contributed by atoms with van der Waals surface area (Å²) < 4.78 is 0. The number of benzene rings is 1. The maximum Gasteiger partial charge on any atom is 0.176 e. The first-order chi connectivity index (χ1) is 9.04. The maximum atomic E-state index is 12.2. The Morgan fingerprint density at radius 3 is 2.89 bits per heavy atom. The van der Waals surface area contributed by atoms with Crippen molar-refractivity contribution in [2.24, 2.45) is 5.92 Å². The molecule has 0 spiro atoms. The van der Waals surface area contributed by atoms with Crippen LogP contribution in [0.25, 0.3) is 0 Å². The Labute approximate surface area is 116 Å². The predicted octanol–water partition coefficient (Wildman–Crippen LogP) is 2.06. The molecule has 0 amide bonds. The van der Waals surface area contributed by atoms with E-state index in [0.717, 1.165) is 24.2 Å².